The molecule has 7 heteroatoms. The van der Waals surface area contributed by atoms with Crippen molar-refractivity contribution < 1.29 is 9.59 Å². The van der Waals surface area contributed by atoms with Crippen LogP contribution in [0.1, 0.15) is 31.2 Å². The van der Waals surface area contributed by atoms with E-state index in [1.54, 1.807) is 11.8 Å². The summed E-state index contributed by atoms with van der Waals surface area (Å²) >= 11 is 1.69. The zero-order chi connectivity index (χ0) is 18.6. The molecule has 2 rings (SSSR count). The van der Waals surface area contributed by atoms with E-state index in [1.165, 1.54) is 12.8 Å². The lowest BCUT2D eigenvalue weighted by molar-refractivity contribution is -0.128. The first-order chi connectivity index (χ1) is 12.7. The third-order valence-corrected chi connectivity index (χ3v) is 5.36. The lowest BCUT2D eigenvalue weighted by atomic mass is 9.96. The van der Waals surface area contributed by atoms with E-state index in [-0.39, 0.29) is 24.2 Å². The molecular weight excluding hydrogens is 382 g/mol. The fraction of sp³-hybridized carbons (Fsp3) is 0.600. The van der Waals surface area contributed by atoms with Crippen LogP contribution in [0.2, 0.25) is 0 Å². The van der Waals surface area contributed by atoms with Gasteiger partial charge in [-0.3, -0.25) is 9.59 Å². The van der Waals surface area contributed by atoms with Crippen molar-refractivity contribution in [1.82, 2.24) is 16.0 Å². The molecule has 3 N–H and O–H groups in total. The lowest BCUT2D eigenvalue weighted by Crippen LogP contribution is -2.48. The van der Waals surface area contributed by atoms with E-state index >= 15 is 0 Å². The van der Waals surface area contributed by atoms with Crippen LogP contribution >= 0.6 is 24.2 Å². The van der Waals surface area contributed by atoms with Crippen LogP contribution < -0.4 is 16.0 Å². The van der Waals surface area contributed by atoms with Crippen molar-refractivity contribution in [3.05, 3.63) is 35.9 Å². The predicted molar refractivity (Wildman–Crippen MR) is 116 cm³/mol. The zero-order valence-electron chi connectivity index (χ0n) is 16.0. The van der Waals surface area contributed by atoms with Gasteiger partial charge in [0, 0.05) is 6.54 Å². The molecule has 2 amide bonds. The summed E-state index contributed by atoms with van der Waals surface area (Å²) in [6.45, 7) is 2.82. The van der Waals surface area contributed by atoms with E-state index in [2.05, 4.69) is 16.0 Å². The molecule has 0 aliphatic carbocycles. The largest absolute Gasteiger partial charge is 0.354 e. The SMILES string of the molecule is CSCCC(NC(=O)Cc1ccccc1)C(=O)NCCC1CCCNC1.Cl. The van der Waals surface area contributed by atoms with Crippen molar-refractivity contribution in [3.63, 3.8) is 0 Å². The number of thioether (sulfide) groups is 1. The van der Waals surface area contributed by atoms with E-state index in [4.69, 9.17) is 0 Å². The summed E-state index contributed by atoms with van der Waals surface area (Å²) < 4.78 is 0. The van der Waals surface area contributed by atoms with Crippen LogP contribution in [0.4, 0.5) is 0 Å². The fourth-order valence-corrected chi connectivity index (χ4v) is 3.70. The molecule has 1 aliphatic rings. The molecule has 0 bridgehead atoms. The highest BCUT2D eigenvalue weighted by molar-refractivity contribution is 7.98. The summed E-state index contributed by atoms with van der Waals surface area (Å²) in [4.78, 5) is 24.8. The summed E-state index contributed by atoms with van der Waals surface area (Å²) in [5.41, 5.74) is 0.957. The minimum atomic E-state index is -0.455. The van der Waals surface area contributed by atoms with Crippen molar-refractivity contribution in [1.29, 1.82) is 0 Å². The van der Waals surface area contributed by atoms with Gasteiger partial charge in [-0.05, 0) is 62.3 Å². The van der Waals surface area contributed by atoms with Gasteiger partial charge in [0.2, 0.25) is 11.8 Å². The molecule has 0 aromatic heterocycles. The number of hydrogen-bond donors (Lipinski definition) is 3. The van der Waals surface area contributed by atoms with Crippen LogP contribution in [0.3, 0.4) is 0 Å². The summed E-state index contributed by atoms with van der Waals surface area (Å²) in [6.07, 6.45) is 6.40. The van der Waals surface area contributed by atoms with Crippen molar-refractivity contribution in [2.45, 2.75) is 38.1 Å². The Bertz CT molecular complexity index is 553. The molecular formula is C20H32ClN3O2S. The quantitative estimate of drug-likeness (QED) is 0.550. The number of nitrogens with one attached hydrogen (secondary N) is 3. The molecule has 152 valence electrons. The number of rotatable bonds is 10. The maximum absolute atomic E-state index is 12.5. The first kappa shape index (κ1) is 23.8. The van der Waals surface area contributed by atoms with Crippen LogP contribution in [0.5, 0.6) is 0 Å². The van der Waals surface area contributed by atoms with Crippen molar-refractivity contribution >= 4 is 36.0 Å². The second-order valence-electron chi connectivity index (χ2n) is 6.86. The minimum Gasteiger partial charge on any atom is -0.354 e. The average molecular weight is 414 g/mol. The molecule has 27 heavy (non-hydrogen) atoms. The first-order valence-electron chi connectivity index (χ1n) is 9.49. The molecule has 1 aliphatic heterocycles. The van der Waals surface area contributed by atoms with E-state index in [9.17, 15) is 9.59 Å². The average Bonchev–Trinajstić information content (AvgIpc) is 2.66. The van der Waals surface area contributed by atoms with Gasteiger partial charge < -0.3 is 16.0 Å². The molecule has 1 saturated heterocycles. The molecule has 1 heterocycles. The smallest absolute Gasteiger partial charge is 0.242 e. The molecule has 0 saturated carbocycles. The molecule has 1 fully saturated rings. The van der Waals surface area contributed by atoms with Crippen LogP contribution in [0.25, 0.3) is 0 Å². The number of amides is 2. The van der Waals surface area contributed by atoms with Gasteiger partial charge in [0.15, 0.2) is 0 Å². The Morgan fingerprint density at radius 1 is 1.30 bits per heavy atom. The van der Waals surface area contributed by atoms with Gasteiger partial charge in [0.25, 0.3) is 0 Å². The first-order valence-corrected chi connectivity index (χ1v) is 10.9. The number of piperidine rings is 1. The van der Waals surface area contributed by atoms with E-state index in [0.717, 1.165) is 30.8 Å². The zero-order valence-corrected chi connectivity index (χ0v) is 17.7. The minimum absolute atomic E-state index is 0. The molecule has 1 aromatic carbocycles. The molecule has 1 aromatic rings. The predicted octanol–water partition coefficient (Wildman–Crippen LogP) is 2.39. The lowest BCUT2D eigenvalue weighted by Gasteiger charge is -2.23. The normalized spacial score (nSPS) is 17.4. The molecule has 0 radical (unpaired) electrons. The Morgan fingerprint density at radius 2 is 2.07 bits per heavy atom. The Labute approximate surface area is 173 Å². The molecule has 2 atom stereocenters. The van der Waals surface area contributed by atoms with E-state index < -0.39 is 6.04 Å². The third-order valence-electron chi connectivity index (χ3n) is 4.72. The van der Waals surface area contributed by atoms with Crippen LogP contribution in [0.15, 0.2) is 30.3 Å². The maximum Gasteiger partial charge on any atom is 0.242 e. The topological polar surface area (TPSA) is 70.2 Å². The highest BCUT2D eigenvalue weighted by atomic mass is 35.5. The van der Waals surface area contributed by atoms with Gasteiger partial charge in [0.05, 0.1) is 6.42 Å². The number of benzene rings is 1. The Morgan fingerprint density at radius 3 is 2.74 bits per heavy atom. The second-order valence-corrected chi connectivity index (χ2v) is 7.84. The van der Waals surface area contributed by atoms with Crippen LogP contribution in [-0.4, -0.2) is 49.5 Å². The fourth-order valence-electron chi connectivity index (χ4n) is 3.22. The van der Waals surface area contributed by atoms with Gasteiger partial charge in [-0.1, -0.05) is 30.3 Å². The van der Waals surface area contributed by atoms with Gasteiger partial charge in [-0.2, -0.15) is 11.8 Å². The van der Waals surface area contributed by atoms with E-state index in [1.807, 2.05) is 36.6 Å². The monoisotopic (exact) mass is 413 g/mol. The summed E-state index contributed by atoms with van der Waals surface area (Å²) in [7, 11) is 0. The number of carbonyl (C=O) groups excluding carboxylic acids is 2. The third kappa shape index (κ3) is 9.49. The highest BCUT2D eigenvalue weighted by Crippen LogP contribution is 2.13. The second kappa shape index (κ2) is 13.9. The number of hydrogen-bond acceptors (Lipinski definition) is 4. The van der Waals surface area contributed by atoms with Gasteiger partial charge in [0.1, 0.15) is 6.04 Å². The Balaban J connectivity index is 0.00000364. The van der Waals surface area contributed by atoms with Gasteiger partial charge in [-0.25, -0.2) is 0 Å². The molecule has 5 nitrogen and oxygen atoms in total. The van der Waals surface area contributed by atoms with Crippen molar-refractivity contribution in [3.8, 4) is 0 Å². The summed E-state index contributed by atoms with van der Waals surface area (Å²) in [5, 5.41) is 9.33. The van der Waals surface area contributed by atoms with E-state index in [0.29, 0.717) is 25.3 Å². The summed E-state index contributed by atoms with van der Waals surface area (Å²) in [6, 6.07) is 9.16. The van der Waals surface area contributed by atoms with Gasteiger partial charge in [-0.15, -0.1) is 12.4 Å². The summed E-state index contributed by atoms with van der Waals surface area (Å²) in [5.74, 6) is 1.32. The maximum atomic E-state index is 12.5. The van der Waals surface area contributed by atoms with Crippen molar-refractivity contribution in [2.75, 3.05) is 31.6 Å². The standard InChI is InChI=1S/C20H31N3O2S.ClH/c1-26-13-10-18(23-19(24)14-16-6-3-2-4-7-16)20(25)22-12-9-17-8-5-11-21-15-17;/h2-4,6-7,17-18,21H,5,8-15H2,1H3,(H,22,25)(H,23,24);1H. The highest BCUT2D eigenvalue weighted by Gasteiger charge is 2.21. The number of halogens is 1. The van der Waals surface area contributed by atoms with Crippen LogP contribution in [-0.2, 0) is 16.0 Å². The molecule has 2 unspecified atom stereocenters. The van der Waals surface area contributed by atoms with Gasteiger partial charge >= 0.3 is 0 Å². The Kier molecular flexibility index (Phi) is 12.2. The van der Waals surface area contributed by atoms with Crippen molar-refractivity contribution in [2.24, 2.45) is 5.92 Å². The number of carbonyl (C=O) groups is 2. The Hall–Kier alpha value is -1.24. The van der Waals surface area contributed by atoms with Crippen LogP contribution in [0, 0.1) is 5.92 Å². The molecule has 0 spiro atoms.